The van der Waals surface area contributed by atoms with Crippen molar-refractivity contribution in [2.75, 3.05) is 18.6 Å². The van der Waals surface area contributed by atoms with Gasteiger partial charge in [-0.3, -0.25) is 14.9 Å². The molecule has 0 bridgehead atoms. The van der Waals surface area contributed by atoms with Crippen LogP contribution in [0.1, 0.15) is 23.7 Å². The Morgan fingerprint density at radius 3 is 2.33 bits per heavy atom. The molecular weight excluding hydrogens is 296 g/mol. The van der Waals surface area contributed by atoms with Gasteiger partial charge in [-0.15, -0.1) is 0 Å². The second-order valence-electron chi connectivity index (χ2n) is 5.51. The van der Waals surface area contributed by atoms with Crippen LogP contribution < -0.4 is 0 Å². The van der Waals surface area contributed by atoms with E-state index >= 15 is 0 Å². The summed E-state index contributed by atoms with van der Waals surface area (Å²) < 4.78 is 23.2. The van der Waals surface area contributed by atoms with Gasteiger partial charge in [0, 0.05) is 24.7 Å². The van der Waals surface area contributed by atoms with Crippen LogP contribution in [0.15, 0.2) is 24.3 Å². The summed E-state index contributed by atoms with van der Waals surface area (Å²) in [5, 5.41) is 10.6. The SMILES string of the molecule is CN(C(=O)c1ccc([N+](=O)[O-])cc1)[C@]1(C)CCS(=O)(=O)C1. The molecule has 0 radical (unpaired) electrons. The zero-order valence-electron chi connectivity index (χ0n) is 11.8. The topological polar surface area (TPSA) is 97.6 Å². The van der Waals surface area contributed by atoms with Crippen LogP contribution in [0.5, 0.6) is 0 Å². The molecule has 0 N–H and O–H groups in total. The van der Waals surface area contributed by atoms with Crippen molar-refractivity contribution >= 4 is 21.4 Å². The van der Waals surface area contributed by atoms with Crippen LogP contribution in [0, 0.1) is 10.1 Å². The van der Waals surface area contributed by atoms with Crippen LogP contribution in [-0.2, 0) is 9.84 Å². The average Bonchev–Trinajstić information content (AvgIpc) is 2.72. The number of amides is 1. The molecule has 1 heterocycles. The highest BCUT2D eigenvalue weighted by Gasteiger charge is 2.43. The molecule has 1 aliphatic heterocycles. The molecule has 8 heteroatoms. The van der Waals surface area contributed by atoms with Gasteiger partial charge in [-0.25, -0.2) is 8.42 Å². The number of carbonyl (C=O) groups is 1. The van der Waals surface area contributed by atoms with E-state index in [0.717, 1.165) is 0 Å². The number of hydrogen-bond donors (Lipinski definition) is 0. The van der Waals surface area contributed by atoms with Gasteiger partial charge in [-0.2, -0.15) is 0 Å². The maximum atomic E-state index is 12.4. The summed E-state index contributed by atoms with van der Waals surface area (Å²) in [4.78, 5) is 23.9. The minimum Gasteiger partial charge on any atom is -0.335 e. The second-order valence-corrected chi connectivity index (χ2v) is 7.69. The summed E-state index contributed by atoms with van der Waals surface area (Å²) in [6.07, 6.45) is 0.393. The quantitative estimate of drug-likeness (QED) is 0.618. The largest absolute Gasteiger partial charge is 0.335 e. The Bertz CT molecular complexity index is 683. The summed E-state index contributed by atoms with van der Waals surface area (Å²) in [7, 11) is -1.56. The standard InChI is InChI=1S/C13H16N2O5S/c1-13(7-8-21(19,20)9-13)14(2)12(16)10-3-5-11(6-4-10)15(17)18/h3-6H,7-9H2,1-2H3/t13-/m1/s1. The van der Waals surface area contributed by atoms with Crippen LogP contribution in [0.2, 0.25) is 0 Å². The van der Waals surface area contributed by atoms with Gasteiger partial charge in [-0.05, 0) is 25.5 Å². The third-order valence-corrected chi connectivity index (χ3v) is 5.81. The molecule has 0 unspecified atom stereocenters. The van der Waals surface area contributed by atoms with Crippen LogP contribution in [0.25, 0.3) is 0 Å². The zero-order valence-corrected chi connectivity index (χ0v) is 12.6. The van der Waals surface area contributed by atoms with E-state index in [1.165, 1.54) is 29.2 Å². The van der Waals surface area contributed by atoms with Gasteiger partial charge in [0.25, 0.3) is 11.6 Å². The molecule has 1 aromatic carbocycles. The lowest BCUT2D eigenvalue weighted by atomic mass is 9.99. The van der Waals surface area contributed by atoms with Crippen molar-refractivity contribution in [1.29, 1.82) is 0 Å². The zero-order chi connectivity index (χ0) is 15.8. The summed E-state index contributed by atoms with van der Waals surface area (Å²) in [6.45, 7) is 1.74. The summed E-state index contributed by atoms with van der Waals surface area (Å²) in [5.74, 6) is -0.333. The number of nitro benzene ring substituents is 1. The smallest absolute Gasteiger partial charge is 0.269 e. The number of nitro groups is 1. The number of rotatable bonds is 3. The normalized spacial score (nSPS) is 23.7. The third-order valence-electron chi connectivity index (χ3n) is 3.92. The van der Waals surface area contributed by atoms with Crippen molar-refractivity contribution in [3.8, 4) is 0 Å². The Hall–Kier alpha value is -1.96. The monoisotopic (exact) mass is 312 g/mol. The molecule has 1 fully saturated rings. The lowest BCUT2D eigenvalue weighted by Crippen LogP contribution is -2.48. The van der Waals surface area contributed by atoms with Gasteiger partial charge in [0.15, 0.2) is 9.84 Å². The predicted octanol–water partition coefficient (Wildman–Crippen LogP) is 1.24. The molecule has 7 nitrogen and oxygen atoms in total. The number of non-ortho nitro benzene ring substituents is 1. The second kappa shape index (κ2) is 5.10. The first-order valence-electron chi connectivity index (χ1n) is 6.38. The minimum absolute atomic E-state index is 0.0603. The molecule has 0 spiro atoms. The molecule has 21 heavy (non-hydrogen) atoms. The van der Waals surface area contributed by atoms with Crippen LogP contribution >= 0.6 is 0 Å². The Morgan fingerprint density at radius 2 is 1.90 bits per heavy atom. The molecule has 1 atom stereocenters. The number of sulfone groups is 1. The molecule has 1 amide bonds. The van der Waals surface area contributed by atoms with Crippen molar-refractivity contribution < 1.29 is 18.1 Å². The average molecular weight is 312 g/mol. The van der Waals surface area contributed by atoms with E-state index in [1.807, 2.05) is 0 Å². The lowest BCUT2D eigenvalue weighted by Gasteiger charge is -2.34. The Labute approximate surface area is 122 Å². The molecule has 1 saturated heterocycles. The molecule has 0 saturated carbocycles. The fourth-order valence-corrected chi connectivity index (χ4v) is 4.60. The van der Waals surface area contributed by atoms with Crippen LogP contribution in [-0.4, -0.2) is 48.2 Å². The van der Waals surface area contributed by atoms with Crippen LogP contribution in [0.4, 0.5) is 5.69 Å². The highest BCUT2D eigenvalue weighted by atomic mass is 32.2. The molecule has 1 aromatic rings. The Kier molecular flexibility index (Phi) is 3.75. The van der Waals surface area contributed by atoms with Gasteiger partial charge in [0.2, 0.25) is 0 Å². The maximum absolute atomic E-state index is 12.4. The van der Waals surface area contributed by atoms with Gasteiger partial charge in [0.1, 0.15) is 0 Å². The fraction of sp³-hybridized carbons (Fsp3) is 0.462. The molecule has 2 rings (SSSR count). The first-order valence-corrected chi connectivity index (χ1v) is 8.20. The van der Waals surface area contributed by atoms with E-state index in [4.69, 9.17) is 0 Å². The van der Waals surface area contributed by atoms with E-state index in [0.29, 0.717) is 12.0 Å². The van der Waals surface area contributed by atoms with Gasteiger partial charge >= 0.3 is 0 Å². The summed E-state index contributed by atoms with van der Waals surface area (Å²) in [6, 6.07) is 5.27. The van der Waals surface area contributed by atoms with E-state index in [1.54, 1.807) is 14.0 Å². The molecule has 114 valence electrons. The summed E-state index contributed by atoms with van der Waals surface area (Å²) in [5.41, 5.74) is -0.532. The Balaban J connectivity index is 2.21. The fourth-order valence-electron chi connectivity index (χ4n) is 2.42. The van der Waals surface area contributed by atoms with Crippen molar-refractivity contribution in [3.05, 3.63) is 39.9 Å². The van der Waals surface area contributed by atoms with E-state index in [2.05, 4.69) is 0 Å². The summed E-state index contributed by atoms with van der Waals surface area (Å²) >= 11 is 0. The van der Waals surface area contributed by atoms with E-state index < -0.39 is 20.3 Å². The number of hydrogen-bond acceptors (Lipinski definition) is 5. The molecule has 0 aromatic heterocycles. The van der Waals surface area contributed by atoms with E-state index in [9.17, 15) is 23.3 Å². The minimum atomic E-state index is -3.12. The molecule has 1 aliphatic rings. The Morgan fingerprint density at radius 1 is 1.33 bits per heavy atom. The van der Waals surface area contributed by atoms with Crippen molar-refractivity contribution in [1.82, 2.24) is 4.90 Å². The van der Waals surface area contributed by atoms with Crippen molar-refractivity contribution in [2.24, 2.45) is 0 Å². The number of carbonyl (C=O) groups excluding carboxylic acids is 1. The van der Waals surface area contributed by atoms with Gasteiger partial charge < -0.3 is 4.90 Å². The first kappa shape index (κ1) is 15.4. The van der Waals surface area contributed by atoms with Crippen molar-refractivity contribution in [3.63, 3.8) is 0 Å². The molecular formula is C13H16N2O5S. The lowest BCUT2D eigenvalue weighted by molar-refractivity contribution is -0.384. The highest BCUT2D eigenvalue weighted by molar-refractivity contribution is 7.91. The van der Waals surface area contributed by atoms with Gasteiger partial charge in [-0.1, -0.05) is 0 Å². The van der Waals surface area contributed by atoms with E-state index in [-0.39, 0.29) is 23.1 Å². The molecule has 0 aliphatic carbocycles. The van der Waals surface area contributed by atoms with Crippen LogP contribution in [0.3, 0.4) is 0 Å². The predicted molar refractivity (Wildman–Crippen MR) is 76.9 cm³/mol. The van der Waals surface area contributed by atoms with Gasteiger partial charge in [0.05, 0.1) is 22.0 Å². The number of benzene rings is 1. The highest BCUT2D eigenvalue weighted by Crippen LogP contribution is 2.29. The maximum Gasteiger partial charge on any atom is 0.269 e. The number of nitrogens with zero attached hydrogens (tertiary/aromatic N) is 2. The third kappa shape index (κ3) is 3.05. The van der Waals surface area contributed by atoms with Crippen molar-refractivity contribution in [2.45, 2.75) is 18.9 Å². The first-order chi connectivity index (χ1) is 9.65.